The highest BCUT2D eigenvalue weighted by molar-refractivity contribution is 5.33. The quantitative estimate of drug-likeness (QED) is 0.200. The molecule has 0 heterocycles. The predicted molar refractivity (Wildman–Crippen MR) is 127 cm³/mol. The van der Waals surface area contributed by atoms with Crippen molar-refractivity contribution in [3.05, 3.63) is 71.0 Å². The molecule has 0 amide bonds. The van der Waals surface area contributed by atoms with Crippen LogP contribution in [0.3, 0.4) is 0 Å². The van der Waals surface area contributed by atoms with Crippen LogP contribution in [0.5, 0.6) is 0 Å². The first-order chi connectivity index (χ1) is 16.3. The molecule has 2 saturated carbocycles. The summed E-state index contributed by atoms with van der Waals surface area (Å²) in [4.78, 5) is 0. The van der Waals surface area contributed by atoms with Crippen molar-refractivity contribution in [1.29, 1.82) is 0 Å². The highest BCUT2D eigenvalue weighted by Crippen LogP contribution is 2.42. The van der Waals surface area contributed by atoms with Gasteiger partial charge in [-0.3, -0.25) is 0 Å². The summed E-state index contributed by atoms with van der Waals surface area (Å²) < 4.78 is 68.0. The van der Waals surface area contributed by atoms with Gasteiger partial charge in [0.1, 0.15) is 5.76 Å². The average Bonchev–Trinajstić information content (AvgIpc) is 2.88. The normalized spacial score (nSPS) is 26.1. The molecule has 2 aliphatic carbocycles. The molecule has 0 atom stereocenters. The molecule has 0 N–H and O–H groups in total. The maximum absolute atomic E-state index is 15.0. The summed E-state index contributed by atoms with van der Waals surface area (Å²) in [5.74, 6) is -3.56. The number of hydrogen-bond acceptors (Lipinski definition) is 2. The van der Waals surface area contributed by atoms with E-state index in [0.717, 1.165) is 51.4 Å². The van der Waals surface area contributed by atoms with Crippen molar-refractivity contribution in [2.75, 3.05) is 14.2 Å². The van der Waals surface area contributed by atoms with Gasteiger partial charge in [-0.25, -0.2) is 13.2 Å². The first-order valence-electron chi connectivity index (χ1n) is 12.2. The van der Waals surface area contributed by atoms with E-state index in [0.29, 0.717) is 29.9 Å². The fourth-order valence-corrected chi connectivity index (χ4v) is 5.44. The second-order valence-corrected chi connectivity index (χ2v) is 9.70. The van der Waals surface area contributed by atoms with Crippen LogP contribution in [0.1, 0.15) is 87.2 Å². The third kappa shape index (κ3) is 6.12. The largest absolute Gasteiger partial charge is 0.494 e. The van der Waals surface area contributed by atoms with Crippen molar-refractivity contribution < 1.29 is 27.0 Å². The van der Waals surface area contributed by atoms with E-state index in [4.69, 9.17) is 4.74 Å². The summed E-state index contributed by atoms with van der Waals surface area (Å²) in [5.41, 5.74) is 1.03. The van der Waals surface area contributed by atoms with Crippen LogP contribution in [0.25, 0.3) is 0 Å². The fourth-order valence-electron chi connectivity index (χ4n) is 5.44. The number of ether oxygens (including phenoxy) is 2. The second kappa shape index (κ2) is 12.1. The Hall–Kier alpha value is -2.08. The van der Waals surface area contributed by atoms with Crippen molar-refractivity contribution in [3.8, 4) is 0 Å². The zero-order valence-corrected chi connectivity index (χ0v) is 20.3. The van der Waals surface area contributed by atoms with Gasteiger partial charge in [0.25, 0.3) is 0 Å². The molecule has 0 unspecified atom stereocenters. The van der Waals surface area contributed by atoms with Gasteiger partial charge in [-0.05, 0) is 98.7 Å². The van der Waals surface area contributed by atoms with Crippen LogP contribution >= 0.6 is 0 Å². The molecule has 2 fully saturated rings. The van der Waals surface area contributed by atoms with E-state index in [1.807, 2.05) is 0 Å². The van der Waals surface area contributed by atoms with E-state index >= 15 is 4.39 Å². The van der Waals surface area contributed by atoms with E-state index in [-0.39, 0.29) is 29.3 Å². The van der Waals surface area contributed by atoms with E-state index in [1.54, 1.807) is 19.2 Å². The molecule has 1 aromatic carbocycles. The van der Waals surface area contributed by atoms with Crippen LogP contribution in [0.2, 0.25) is 0 Å². The monoisotopic (exact) mass is 480 g/mol. The number of rotatable bonds is 9. The smallest absolute Gasteiger partial charge is 0.200 e. The third-order valence-electron chi connectivity index (χ3n) is 7.72. The molecule has 0 aromatic heterocycles. The maximum atomic E-state index is 15.0. The molecule has 1 aromatic rings. The summed E-state index contributed by atoms with van der Waals surface area (Å²) in [7, 11) is 2.92. The molecule has 0 radical (unpaired) electrons. The molecule has 34 heavy (non-hydrogen) atoms. The van der Waals surface area contributed by atoms with Gasteiger partial charge in [0, 0.05) is 7.11 Å². The van der Waals surface area contributed by atoms with E-state index < -0.39 is 23.3 Å². The minimum absolute atomic E-state index is 0.0219. The lowest BCUT2D eigenvalue weighted by atomic mass is 9.76. The third-order valence-corrected chi connectivity index (χ3v) is 7.72. The Bertz CT molecular complexity index is 907. The lowest BCUT2D eigenvalue weighted by molar-refractivity contribution is 0.0655. The highest BCUT2D eigenvalue weighted by atomic mass is 19.2. The molecule has 0 aliphatic heterocycles. The average molecular weight is 481 g/mol. The van der Waals surface area contributed by atoms with Gasteiger partial charge in [-0.1, -0.05) is 25.3 Å². The Morgan fingerprint density at radius 3 is 1.79 bits per heavy atom. The zero-order valence-electron chi connectivity index (χ0n) is 20.3. The van der Waals surface area contributed by atoms with Crippen LogP contribution in [0.15, 0.2) is 48.3 Å². The zero-order chi connectivity index (χ0) is 24.8. The molecule has 2 aliphatic rings. The van der Waals surface area contributed by atoms with Crippen molar-refractivity contribution >= 4 is 0 Å². The predicted octanol–water partition coefficient (Wildman–Crippen LogP) is 8.56. The number of halogens is 4. The van der Waals surface area contributed by atoms with Crippen LogP contribution < -0.4 is 0 Å². The molecular weight excluding hydrogens is 444 g/mol. The van der Waals surface area contributed by atoms with Gasteiger partial charge >= 0.3 is 0 Å². The minimum Gasteiger partial charge on any atom is -0.494 e. The standard InChI is InChI=1S/C28H36F4O2/c1-17(25(29)26(30)18(2)33-3)5-6-19-7-9-20(10-8-19)23-15-16-24(28(32)27(23)31)21-11-13-22(34-4)14-12-21/h15-16,19-22H,1-2,5-14H2,3-4H3/b26-25-. The maximum Gasteiger partial charge on any atom is 0.200 e. The highest BCUT2D eigenvalue weighted by Gasteiger charge is 2.30. The molecule has 0 spiro atoms. The van der Waals surface area contributed by atoms with Gasteiger partial charge in [0.15, 0.2) is 23.3 Å². The molecule has 0 bridgehead atoms. The summed E-state index contributed by atoms with van der Waals surface area (Å²) >= 11 is 0. The van der Waals surface area contributed by atoms with E-state index in [1.165, 1.54) is 7.11 Å². The summed E-state index contributed by atoms with van der Waals surface area (Å²) in [6.45, 7) is 6.97. The summed E-state index contributed by atoms with van der Waals surface area (Å²) in [6.07, 6.45) is 7.74. The van der Waals surface area contributed by atoms with Gasteiger partial charge in [-0.15, -0.1) is 0 Å². The number of allylic oxidation sites excluding steroid dienone is 3. The Balaban J connectivity index is 1.54. The topological polar surface area (TPSA) is 18.5 Å². The second-order valence-electron chi connectivity index (χ2n) is 9.70. The van der Waals surface area contributed by atoms with E-state index in [2.05, 4.69) is 17.9 Å². The Labute approximate surface area is 200 Å². The first-order valence-corrected chi connectivity index (χ1v) is 12.2. The lowest BCUT2D eigenvalue weighted by Crippen LogP contribution is -2.20. The number of hydrogen-bond donors (Lipinski definition) is 0. The summed E-state index contributed by atoms with van der Waals surface area (Å²) in [5, 5.41) is 0. The van der Waals surface area contributed by atoms with Gasteiger partial charge in [0.05, 0.1) is 13.2 Å². The van der Waals surface area contributed by atoms with Gasteiger partial charge in [-0.2, -0.15) is 4.39 Å². The molecule has 3 rings (SSSR count). The van der Waals surface area contributed by atoms with Gasteiger partial charge in [0.2, 0.25) is 0 Å². The lowest BCUT2D eigenvalue weighted by Gasteiger charge is -2.31. The molecular formula is C28H36F4O2. The van der Waals surface area contributed by atoms with Crippen LogP contribution in [-0.2, 0) is 9.47 Å². The van der Waals surface area contributed by atoms with Crippen molar-refractivity contribution in [2.45, 2.75) is 82.1 Å². The SMILES string of the molecule is C=C(CCC1CCC(c2ccc(C3CCC(OC)CC3)c(F)c2F)CC1)/C(F)=C(/F)C(=C)OC. The van der Waals surface area contributed by atoms with Crippen molar-refractivity contribution in [1.82, 2.24) is 0 Å². The van der Waals surface area contributed by atoms with E-state index in [9.17, 15) is 13.2 Å². The Morgan fingerprint density at radius 2 is 1.32 bits per heavy atom. The van der Waals surface area contributed by atoms with Crippen LogP contribution in [0, 0.1) is 17.6 Å². The van der Waals surface area contributed by atoms with Crippen molar-refractivity contribution in [2.24, 2.45) is 5.92 Å². The van der Waals surface area contributed by atoms with Gasteiger partial charge < -0.3 is 9.47 Å². The number of benzene rings is 1. The molecule has 188 valence electrons. The number of methoxy groups -OCH3 is 2. The summed E-state index contributed by atoms with van der Waals surface area (Å²) in [6, 6.07) is 3.55. The molecule has 2 nitrogen and oxygen atoms in total. The Morgan fingerprint density at radius 1 is 0.824 bits per heavy atom. The fraction of sp³-hybridized carbons (Fsp3) is 0.571. The Kier molecular flexibility index (Phi) is 9.40. The minimum atomic E-state index is -1.12. The van der Waals surface area contributed by atoms with Crippen LogP contribution in [0.4, 0.5) is 17.6 Å². The molecule has 6 heteroatoms. The van der Waals surface area contributed by atoms with Crippen LogP contribution in [-0.4, -0.2) is 20.3 Å². The van der Waals surface area contributed by atoms with Crippen molar-refractivity contribution in [3.63, 3.8) is 0 Å². The first kappa shape index (κ1) is 26.5. The molecule has 0 saturated heterocycles.